The Kier molecular flexibility index (Phi) is 3.55. The zero-order valence-electron chi connectivity index (χ0n) is 9.08. The highest BCUT2D eigenvalue weighted by molar-refractivity contribution is 6.42. The third kappa shape index (κ3) is 2.47. The predicted molar refractivity (Wildman–Crippen MR) is 70.7 cm³/mol. The van der Waals surface area contributed by atoms with Gasteiger partial charge in [-0.25, -0.2) is 4.39 Å². The Hall–Kier alpha value is -1.58. The van der Waals surface area contributed by atoms with Crippen molar-refractivity contribution in [3.63, 3.8) is 0 Å². The zero-order chi connectivity index (χ0) is 13.3. The summed E-state index contributed by atoms with van der Waals surface area (Å²) in [6.07, 6.45) is 0. The molecule has 5 heteroatoms. The molecule has 0 fully saturated rings. The van der Waals surface area contributed by atoms with Gasteiger partial charge in [-0.3, -0.25) is 4.79 Å². The molecule has 0 bridgehead atoms. The van der Waals surface area contributed by atoms with E-state index in [9.17, 15) is 9.18 Å². The summed E-state index contributed by atoms with van der Waals surface area (Å²) in [5.41, 5.74) is 5.90. The van der Waals surface area contributed by atoms with E-state index in [4.69, 9.17) is 28.9 Å². The van der Waals surface area contributed by atoms with Crippen molar-refractivity contribution in [3.05, 3.63) is 63.4 Å². The van der Waals surface area contributed by atoms with Crippen molar-refractivity contribution >= 4 is 34.7 Å². The molecule has 0 saturated carbocycles. The Morgan fingerprint density at radius 3 is 2.39 bits per heavy atom. The van der Waals surface area contributed by atoms with Crippen molar-refractivity contribution < 1.29 is 9.18 Å². The van der Waals surface area contributed by atoms with Crippen molar-refractivity contribution in [2.45, 2.75) is 0 Å². The van der Waals surface area contributed by atoms with Crippen molar-refractivity contribution in [2.75, 3.05) is 5.73 Å². The molecular formula is C13H8Cl2FNO. The van der Waals surface area contributed by atoms with E-state index in [0.29, 0.717) is 5.02 Å². The Morgan fingerprint density at radius 1 is 1.06 bits per heavy atom. The number of ketones is 1. The predicted octanol–water partition coefficient (Wildman–Crippen LogP) is 3.95. The summed E-state index contributed by atoms with van der Waals surface area (Å²) in [7, 11) is 0. The third-order valence-corrected chi connectivity index (χ3v) is 3.16. The van der Waals surface area contributed by atoms with Crippen LogP contribution in [0.1, 0.15) is 15.9 Å². The van der Waals surface area contributed by atoms with Crippen LogP contribution >= 0.6 is 23.2 Å². The van der Waals surface area contributed by atoms with Crippen LogP contribution in [-0.2, 0) is 0 Å². The second kappa shape index (κ2) is 4.96. The Bertz CT molecular complexity index is 628. The molecule has 0 amide bonds. The number of rotatable bonds is 2. The van der Waals surface area contributed by atoms with Crippen LogP contribution in [0, 0.1) is 5.82 Å². The Labute approximate surface area is 113 Å². The number of halogens is 3. The van der Waals surface area contributed by atoms with Crippen molar-refractivity contribution in [2.24, 2.45) is 0 Å². The van der Waals surface area contributed by atoms with Gasteiger partial charge in [0.15, 0.2) is 5.78 Å². The fourth-order valence-corrected chi connectivity index (χ4v) is 1.81. The molecule has 0 spiro atoms. The van der Waals surface area contributed by atoms with Crippen LogP contribution in [-0.4, -0.2) is 5.78 Å². The molecule has 0 aliphatic rings. The van der Waals surface area contributed by atoms with Crippen LogP contribution in [0.15, 0.2) is 36.4 Å². The molecule has 0 unspecified atom stereocenters. The molecule has 2 aromatic rings. The quantitative estimate of drug-likeness (QED) is 0.670. The average Bonchev–Trinajstić information content (AvgIpc) is 2.32. The first-order valence-corrected chi connectivity index (χ1v) is 5.79. The smallest absolute Gasteiger partial charge is 0.196 e. The summed E-state index contributed by atoms with van der Waals surface area (Å²) in [6.45, 7) is 0. The SMILES string of the molecule is Nc1ccc(C(=O)c2ccc(Cl)c(Cl)c2)c(F)c1. The molecule has 2 aromatic carbocycles. The summed E-state index contributed by atoms with van der Waals surface area (Å²) < 4.78 is 13.6. The maximum atomic E-state index is 13.6. The first-order chi connectivity index (χ1) is 8.49. The van der Waals surface area contributed by atoms with E-state index in [-0.39, 0.29) is 21.8 Å². The fraction of sp³-hybridized carbons (Fsp3) is 0. The minimum absolute atomic E-state index is 0.0532. The van der Waals surface area contributed by atoms with Crippen LogP contribution in [0.5, 0.6) is 0 Å². The van der Waals surface area contributed by atoms with Crippen molar-refractivity contribution in [1.82, 2.24) is 0 Å². The summed E-state index contributed by atoms with van der Waals surface area (Å²) >= 11 is 11.6. The summed E-state index contributed by atoms with van der Waals surface area (Å²) in [5, 5.41) is 0.587. The van der Waals surface area contributed by atoms with Crippen LogP contribution in [0.25, 0.3) is 0 Å². The van der Waals surface area contributed by atoms with Gasteiger partial charge in [0.05, 0.1) is 15.6 Å². The fourth-order valence-electron chi connectivity index (χ4n) is 1.51. The molecule has 0 aliphatic carbocycles. The number of benzene rings is 2. The summed E-state index contributed by atoms with van der Waals surface area (Å²) in [4.78, 5) is 12.1. The van der Waals surface area contributed by atoms with Gasteiger partial charge in [0, 0.05) is 11.3 Å². The Morgan fingerprint density at radius 2 is 1.78 bits per heavy atom. The van der Waals surface area contributed by atoms with E-state index in [1.807, 2.05) is 0 Å². The van der Waals surface area contributed by atoms with Gasteiger partial charge in [0.1, 0.15) is 5.82 Å². The van der Waals surface area contributed by atoms with Gasteiger partial charge in [-0.15, -0.1) is 0 Å². The summed E-state index contributed by atoms with van der Waals surface area (Å²) in [6, 6.07) is 8.30. The molecule has 0 radical (unpaired) electrons. The van der Waals surface area contributed by atoms with Gasteiger partial charge in [0.25, 0.3) is 0 Å². The lowest BCUT2D eigenvalue weighted by Crippen LogP contribution is -2.05. The summed E-state index contributed by atoms with van der Waals surface area (Å²) in [5.74, 6) is -1.13. The van der Waals surface area contributed by atoms with Crippen molar-refractivity contribution in [1.29, 1.82) is 0 Å². The number of hydrogen-bond acceptors (Lipinski definition) is 2. The first kappa shape index (κ1) is 12.9. The second-order valence-electron chi connectivity index (χ2n) is 3.70. The number of hydrogen-bond donors (Lipinski definition) is 1. The van der Waals surface area contributed by atoms with E-state index in [0.717, 1.165) is 6.07 Å². The molecule has 2 N–H and O–H groups in total. The number of nitrogen functional groups attached to an aromatic ring is 1. The molecule has 0 atom stereocenters. The maximum Gasteiger partial charge on any atom is 0.196 e. The highest BCUT2D eigenvalue weighted by Crippen LogP contribution is 2.24. The molecular weight excluding hydrogens is 276 g/mol. The van der Waals surface area contributed by atoms with E-state index >= 15 is 0 Å². The molecule has 92 valence electrons. The topological polar surface area (TPSA) is 43.1 Å². The maximum absolute atomic E-state index is 13.6. The molecule has 0 aliphatic heterocycles. The number of anilines is 1. The molecule has 2 nitrogen and oxygen atoms in total. The van der Waals surface area contributed by atoms with E-state index in [2.05, 4.69) is 0 Å². The standard InChI is InChI=1S/C13H8Cl2FNO/c14-10-4-1-7(5-11(10)15)13(18)9-3-2-8(17)6-12(9)16/h1-6H,17H2. The highest BCUT2D eigenvalue weighted by atomic mass is 35.5. The van der Waals surface area contributed by atoms with E-state index < -0.39 is 11.6 Å². The minimum Gasteiger partial charge on any atom is -0.399 e. The van der Waals surface area contributed by atoms with Gasteiger partial charge in [0.2, 0.25) is 0 Å². The number of nitrogens with two attached hydrogens (primary N) is 1. The zero-order valence-corrected chi connectivity index (χ0v) is 10.6. The van der Waals surface area contributed by atoms with Crippen LogP contribution < -0.4 is 5.73 Å². The monoisotopic (exact) mass is 283 g/mol. The largest absolute Gasteiger partial charge is 0.399 e. The Balaban J connectivity index is 2.44. The van der Waals surface area contributed by atoms with Crippen LogP contribution in [0.4, 0.5) is 10.1 Å². The number of carbonyl (C=O) groups is 1. The lowest BCUT2D eigenvalue weighted by molar-refractivity contribution is 0.103. The molecule has 2 rings (SSSR count). The van der Waals surface area contributed by atoms with Gasteiger partial charge in [-0.1, -0.05) is 23.2 Å². The van der Waals surface area contributed by atoms with Gasteiger partial charge in [-0.2, -0.15) is 0 Å². The normalized spacial score (nSPS) is 10.4. The van der Waals surface area contributed by atoms with E-state index in [1.54, 1.807) is 0 Å². The second-order valence-corrected chi connectivity index (χ2v) is 4.51. The lowest BCUT2D eigenvalue weighted by atomic mass is 10.0. The lowest BCUT2D eigenvalue weighted by Gasteiger charge is -2.05. The van der Waals surface area contributed by atoms with E-state index in [1.165, 1.54) is 30.3 Å². The van der Waals surface area contributed by atoms with Crippen LogP contribution in [0.2, 0.25) is 10.0 Å². The minimum atomic E-state index is -0.661. The molecule has 0 heterocycles. The first-order valence-electron chi connectivity index (χ1n) is 5.04. The van der Waals surface area contributed by atoms with Crippen LogP contribution in [0.3, 0.4) is 0 Å². The third-order valence-electron chi connectivity index (χ3n) is 2.42. The molecule has 18 heavy (non-hydrogen) atoms. The molecule has 0 saturated heterocycles. The van der Waals surface area contributed by atoms with Crippen molar-refractivity contribution in [3.8, 4) is 0 Å². The van der Waals surface area contributed by atoms with Gasteiger partial charge < -0.3 is 5.73 Å². The number of carbonyl (C=O) groups excluding carboxylic acids is 1. The highest BCUT2D eigenvalue weighted by Gasteiger charge is 2.15. The van der Waals surface area contributed by atoms with Gasteiger partial charge >= 0.3 is 0 Å². The average molecular weight is 284 g/mol. The molecule has 0 aromatic heterocycles. The van der Waals surface area contributed by atoms with Gasteiger partial charge in [-0.05, 0) is 36.4 Å².